The van der Waals surface area contributed by atoms with Gasteiger partial charge in [0.15, 0.2) is 0 Å². The lowest BCUT2D eigenvalue weighted by atomic mass is 9.98. The summed E-state index contributed by atoms with van der Waals surface area (Å²) in [6.45, 7) is 2.79. The molecule has 2 amide bonds. The lowest BCUT2D eigenvalue weighted by Gasteiger charge is -2.42. The van der Waals surface area contributed by atoms with Gasteiger partial charge in [0.05, 0.1) is 11.9 Å². The number of hydrogen-bond acceptors (Lipinski definition) is 3. The van der Waals surface area contributed by atoms with Crippen LogP contribution in [0.3, 0.4) is 0 Å². The van der Waals surface area contributed by atoms with Crippen LogP contribution in [0.15, 0.2) is 18.5 Å². The minimum atomic E-state index is -0.268. The van der Waals surface area contributed by atoms with Crippen LogP contribution in [0.25, 0.3) is 0 Å². The molecule has 100 valence electrons. The van der Waals surface area contributed by atoms with Gasteiger partial charge < -0.3 is 4.90 Å². The number of rotatable bonds is 1. The van der Waals surface area contributed by atoms with E-state index < -0.39 is 0 Å². The van der Waals surface area contributed by atoms with Crippen LogP contribution in [0, 0.1) is 6.92 Å². The molecule has 2 saturated heterocycles. The highest BCUT2D eigenvalue weighted by molar-refractivity contribution is 6.06. The van der Waals surface area contributed by atoms with Crippen molar-refractivity contribution in [1.29, 1.82) is 0 Å². The highest BCUT2D eigenvalue weighted by Crippen LogP contribution is 2.26. The maximum atomic E-state index is 12.5. The molecule has 2 aliphatic heterocycles. The molecule has 1 atom stereocenters. The first-order valence-electron chi connectivity index (χ1n) is 6.69. The summed E-state index contributed by atoms with van der Waals surface area (Å²) in [7, 11) is 0. The van der Waals surface area contributed by atoms with E-state index >= 15 is 0 Å². The number of nitrogens with zero attached hydrogens (tertiary/aromatic N) is 3. The van der Waals surface area contributed by atoms with E-state index in [9.17, 15) is 9.59 Å². The van der Waals surface area contributed by atoms with Crippen LogP contribution in [-0.2, 0) is 9.59 Å². The van der Waals surface area contributed by atoms with Crippen molar-refractivity contribution in [3.63, 3.8) is 0 Å². The van der Waals surface area contributed by atoms with Gasteiger partial charge in [0.25, 0.3) is 0 Å². The molecule has 0 bridgehead atoms. The summed E-state index contributed by atoms with van der Waals surface area (Å²) in [6, 6.07) is 1.63. The summed E-state index contributed by atoms with van der Waals surface area (Å²) in [4.78, 5) is 32.1. The van der Waals surface area contributed by atoms with Crippen LogP contribution in [0.1, 0.15) is 24.8 Å². The zero-order valence-electron chi connectivity index (χ0n) is 11.0. The number of aryl methyl sites for hydroxylation is 1. The number of carbonyl (C=O) groups excluding carboxylic acids is 2. The number of anilines is 1. The van der Waals surface area contributed by atoms with Gasteiger partial charge in [-0.2, -0.15) is 0 Å². The Hall–Kier alpha value is -1.91. The van der Waals surface area contributed by atoms with Gasteiger partial charge in [-0.25, -0.2) is 0 Å². The molecule has 1 aromatic heterocycles. The first kappa shape index (κ1) is 12.1. The van der Waals surface area contributed by atoms with Crippen LogP contribution >= 0.6 is 0 Å². The van der Waals surface area contributed by atoms with Crippen LogP contribution in [-0.4, -0.2) is 40.8 Å². The minimum Gasteiger partial charge on any atom is -0.329 e. The number of hydrogen-bond donors (Lipinski definition) is 0. The van der Waals surface area contributed by atoms with E-state index in [0.717, 1.165) is 37.1 Å². The molecule has 1 unspecified atom stereocenters. The second kappa shape index (κ2) is 4.64. The molecule has 0 N–H and O–H groups in total. The number of pyridine rings is 1. The summed E-state index contributed by atoms with van der Waals surface area (Å²) in [5.74, 6) is 0.0810. The van der Waals surface area contributed by atoms with E-state index in [1.807, 2.05) is 13.0 Å². The molecule has 0 spiro atoms. The topological polar surface area (TPSA) is 53.5 Å². The number of piperazine rings is 1. The van der Waals surface area contributed by atoms with Crippen molar-refractivity contribution in [2.45, 2.75) is 32.2 Å². The van der Waals surface area contributed by atoms with Crippen molar-refractivity contribution in [1.82, 2.24) is 9.88 Å². The van der Waals surface area contributed by atoms with Crippen LogP contribution < -0.4 is 4.90 Å². The monoisotopic (exact) mass is 259 g/mol. The molecule has 5 nitrogen and oxygen atoms in total. The lowest BCUT2D eigenvalue weighted by molar-refractivity contribution is -0.144. The van der Waals surface area contributed by atoms with E-state index in [1.54, 1.807) is 22.2 Å². The van der Waals surface area contributed by atoms with Gasteiger partial charge in [0, 0.05) is 12.7 Å². The maximum Gasteiger partial charge on any atom is 0.250 e. The molecule has 0 aliphatic carbocycles. The molecule has 19 heavy (non-hydrogen) atoms. The second-order valence-electron chi connectivity index (χ2n) is 5.24. The Morgan fingerprint density at radius 3 is 2.89 bits per heavy atom. The molecule has 0 aromatic carbocycles. The normalized spacial score (nSPS) is 23.5. The van der Waals surface area contributed by atoms with Gasteiger partial charge in [0.1, 0.15) is 12.6 Å². The molecular formula is C14H17N3O2. The quantitative estimate of drug-likeness (QED) is 0.759. The molecule has 1 aromatic rings. The average molecular weight is 259 g/mol. The highest BCUT2D eigenvalue weighted by atomic mass is 16.2. The van der Waals surface area contributed by atoms with Gasteiger partial charge >= 0.3 is 0 Å². The first-order valence-corrected chi connectivity index (χ1v) is 6.69. The van der Waals surface area contributed by atoms with Gasteiger partial charge in [-0.05, 0) is 37.8 Å². The summed E-state index contributed by atoms with van der Waals surface area (Å²) < 4.78 is 0. The predicted octanol–water partition coefficient (Wildman–Crippen LogP) is 1.12. The molecule has 5 heteroatoms. The number of amides is 2. The van der Waals surface area contributed by atoms with Gasteiger partial charge in [-0.3, -0.25) is 19.5 Å². The number of piperidine rings is 1. The summed E-state index contributed by atoms with van der Waals surface area (Å²) in [6.07, 6.45) is 6.19. The molecular weight excluding hydrogens is 242 g/mol. The lowest BCUT2D eigenvalue weighted by Crippen LogP contribution is -2.61. The fourth-order valence-corrected chi connectivity index (χ4v) is 2.88. The van der Waals surface area contributed by atoms with Crippen molar-refractivity contribution in [3.8, 4) is 0 Å². The smallest absolute Gasteiger partial charge is 0.250 e. The molecule has 2 aliphatic rings. The average Bonchev–Trinajstić information content (AvgIpc) is 2.43. The Labute approximate surface area is 112 Å². The third-order valence-electron chi connectivity index (χ3n) is 3.84. The zero-order valence-corrected chi connectivity index (χ0v) is 11.0. The minimum absolute atomic E-state index is 0.0340. The Balaban J connectivity index is 1.91. The van der Waals surface area contributed by atoms with Gasteiger partial charge in [-0.15, -0.1) is 0 Å². The number of fused-ring (bicyclic) bond motifs is 1. The van der Waals surface area contributed by atoms with Crippen molar-refractivity contribution >= 4 is 17.5 Å². The number of aromatic nitrogens is 1. The summed E-state index contributed by atoms with van der Waals surface area (Å²) in [5, 5.41) is 0. The maximum absolute atomic E-state index is 12.5. The Morgan fingerprint density at radius 1 is 1.26 bits per heavy atom. The van der Waals surface area contributed by atoms with Crippen LogP contribution in [0.2, 0.25) is 0 Å². The van der Waals surface area contributed by atoms with E-state index in [2.05, 4.69) is 4.98 Å². The van der Waals surface area contributed by atoms with E-state index in [-0.39, 0.29) is 24.4 Å². The summed E-state index contributed by atoms with van der Waals surface area (Å²) >= 11 is 0. The van der Waals surface area contributed by atoms with Crippen molar-refractivity contribution in [2.75, 3.05) is 18.0 Å². The fraction of sp³-hybridized carbons (Fsp3) is 0.500. The van der Waals surface area contributed by atoms with Crippen molar-refractivity contribution in [3.05, 3.63) is 24.0 Å². The van der Waals surface area contributed by atoms with E-state index in [0.29, 0.717) is 0 Å². The molecule has 0 radical (unpaired) electrons. The van der Waals surface area contributed by atoms with E-state index in [1.165, 1.54) is 0 Å². The standard InChI is InChI=1S/C14H17N3O2/c1-10-6-11(8-15-7-10)17-9-13(18)16-5-3-2-4-12(16)14(17)19/h6-8,12H,2-5,9H2,1H3. The van der Waals surface area contributed by atoms with E-state index in [4.69, 9.17) is 0 Å². The summed E-state index contributed by atoms with van der Waals surface area (Å²) in [5.41, 5.74) is 1.72. The van der Waals surface area contributed by atoms with Crippen LogP contribution in [0.4, 0.5) is 5.69 Å². The van der Waals surface area contributed by atoms with Crippen molar-refractivity contribution in [2.24, 2.45) is 0 Å². The second-order valence-corrected chi connectivity index (χ2v) is 5.24. The SMILES string of the molecule is Cc1cncc(N2CC(=O)N3CCCCC3C2=O)c1. The predicted molar refractivity (Wildman–Crippen MR) is 70.7 cm³/mol. The number of carbonyl (C=O) groups is 2. The highest BCUT2D eigenvalue weighted by Gasteiger charge is 2.40. The largest absolute Gasteiger partial charge is 0.329 e. The van der Waals surface area contributed by atoms with Gasteiger partial charge in [0.2, 0.25) is 11.8 Å². The third kappa shape index (κ3) is 2.09. The molecule has 3 rings (SSSR count). The zero-order chi connectivity index (χ0) is 13.4. The molecule has 3 heterocycles. The Kier molecular flexibility index (Phi) is 2.97. The molecule has 0 saturated carbocycles. The Morgan fingerprint density at radius 2 is 2.11 bits per heavy atom. The Bertz CT molecular complexity index is 529. The van der Waals surface area contributed by atoms with Crippen molar-refractivity contribution < 1.29 is 9.59 Å². The first-order chi connectivity index (χ1) is 9.16. The fourth-order valence-electron chi connectivity index (χ4n) is 2.88. The van der Waals surface area contributed by atoms with Crippen LogP contribution in [0.5, 0.6) is 0 Å². The molecule has 2 fully saturated rings. The third-order valence-corrected chi connectivity index (χ3v) is 3.84. The van der Waals surface area contributed by atoms with Gasteiger partial charge in [-0.1, -0.05) is 0 Å².